The highest BCUT2D eigenvalue weighted by molar-refractivity contribution is 5.98. The van der Waals surface area contributed by atoms with Crippen molar-refractivity contribution in [3.63, 3.8) is 0 Å². The number of benzene rings is 1. The summed E-state index contributed by atoms with van der Waals surface area (Å²) in [6.45, 7) is 6.21. The van der Waals surface area contributed by atoms with Gasteiger partial charge in [0, 0.05) is 32.9 Å². The minimum Gasteiger partial charge on any atom is -0.369 e. The summed E-state index contributed by atoms with van der Waals surface area (Å²) < 4.78 is 0. The van der Waals surface area contributed by atoms with Crippen LogP contribution in [0.25, 0.3) is 0 Å². The molecule has 25 heavy (non-hydrogen) atoms. The van der Waals surface area contributed by atoms with Crippen LogP contribution < -0.4 is 10.6 Å². The van der Waals surface area contributed by atoms with Crippen LogP contribution in [0.3, 0.4) is 0 Å². The van der Waals surface area contributed by atoms with E-state index in [1.54, 1.807) is 25.4 Å². The lowest BCUT2D eigenvalue weighted by Crippen LogP contribution is -2.24. The summed E-state index contributed by atoms with van der Waals surface area (Å²) in [5.74, 6) is 1.13. The Kier molecular flexibility index (Phi) is 5.66. The summed E-state index contributed by atoms with van der Waals surface area (Å²) in [6, 6.07) is 12.2. The Hall–Kier alpha value is -2.40. The van der Waals surface area contributed by atoms with Gasteiger partial charge < -0.3 is 10.6 Å². The number of rotatable bonds is 6. The summed E-state index contributed by atoms with van der Waals surface area (Å²) in [5, 5.41) is 6.03. The van der Waals surface area contributed by atoms with Crippen LogP contribution in [0.5, 0.6) is 0 Å². The largest absolute Gasteiger partial charge is 0.369 e. The molecule has 1 unspecified atom stereocenters. The zero-order chi connectivity index (χ0) is 17.6. The minimum absolute atomic E-state index is 0.108. The lowest BCUT2D eigenvalue weighted by atomic mass is 10.1. The zero-order valence-electron chi connectivity index (χ0n) is 15.0. The molecular formula is C20H26N4O. The summed E-state index contributed by atoms with van der Waals surface area (Å²) in [6.07, 6.45) is 2.88. The highest BCUT2D eigenvalue weighted by Crippen LogP contribution is 2.21. The van der Waals surface area contributed by atoms with Crippen LogP contribution in [0.4, 0.5) is 5.82 Å². The maximum absolute atomic E-state index is 11.9. The summed E-state index contributed by atoms with van der Waals surface area (Å²) in [7, 11) is 1.64. The number of carbonyl (C=O) groups excluding carboxylic acids is 1. The van der Waals surface area contributed by atoms with Gasteiger partial charge in [-0.2, -0.15) is 0 Å². The summed E-state index contributed by atoms with van der Waals surface area (Å²) >= 11 is 0. The first-order chi connectivity index (χ1) is 12.2. The van der Waals surface area contributed by atoms with Gasteiger partial charge in [-0.25, -0.2) is 4.98 Å². The number of anilines is 1. The van der Waals surface area contributed by atoms with E-state index in [4.69, 9.17) is 0 Å². The summed E-state index contributed by atoms with van der Waals surface area (Å²) in [5.41, 5.74) is 3.36. The highest BCUT2D eigenvalue weighted by Gasteiger charge is 2.23. The van der Waals surface area contributed by atoms with Gasteiger partial charge in [-0.1, -0.05) is 24.3 Å². The van der Waals surface area contributed by atoms with Crippen molar-refractivity contribution in [2.75, 3.05) is 32.0 Å². The zero-order valence-corrected chi connectivity index (χ0v) is 15.0. The van der Waals surface area contributed by atoms with Gasteiger partial charge in [0.25, 0.3) is 5.91 Å². The van der Waals surface area contributed by atoms with Gasteiger partial charge in [-0.05, 0) is 49.1 Å². The van der Waals surface area contributed by atoms with Gasteiger partial charge in [0.15, 0.2) is 0 Å². The average molecular weight is 338 g/mol. The number of nitrogens with one attached hydrogen (secondary N) is 2. The predicted molar refractivity (Wildman–Crippen MR) is 101 cm³/mol. The van der Waals surface area contributed by atoms with Gasteiger partial charge >= 0.3 is 0 Å². The number of aromatic nitrogens is 1. The average Bonchev–Trinajstić information content (AvgIpc) is 3.09. The molecule has 2 aromatic rings. The molecule has 0 radical (unpaired) electrons. The van der Waals surface area contributed by atoms with Crippen LogP contribution in [-0.4, -0.2) is 42.5 Å². The number of aryl methyl sites for hydroxylation is 1. The second-order valence-corrected chi connectivity index (χ2v) is 6.68. The van der Waals surface area contributed by atoms with Crippen molar-refractivity contribution in [3.05, 3.63) is 59.3 Å². The molecule has 3 rings (SSSR count). The second-order valence-electron chi connectivity index (χ2n) is 6.68. The number of hydrogen-bond donors (Lipinski definition) is 2. The van der Waals surface area contributed by atoms with Crippen molar-refractivity contribution in [2.45, 2.75) is 19.9 Å². The molecule has 1 atom stereocenters. The molecule has 1 aliphatic heterocycles. The Morgan fingerprint density at radius 1 is 1.28 bits per heavy atom. The van der Waals surface area contributed by atoms with Crippen molar-refractivity contribution < 1.29 is 4.79 Å². The number of amides is 1. The molecule has 1 aromatic heterocycles. The van der Waals surface area contributed by atoms with E-state index >= 15 is 0 Å². The third-order valence-electron chi connectivity index (χ3n) is 4.86. The quantitative estimate of drug-likeness (QED) is 0.850. The van der Waals surface area contributed by atoms with E-state index in [0.717, 1.165) is 26.2 Å². The molecule has 2 N–H and O–H groups in total. The number of hydrogen-bond acceptors (Lipinski definition) is 4. The normalized spacial score (nSPS) is 17.4. The number of nitrogens with zero attached hydrogens (tertiary/aromatic N) is 2. The first-order valence-electron chi connectivity index (χ1n) is 8.85. The first-order valence-corrected chi connectivity index (χ1v) is 8.85. The fourth-order valence-electron chi connectivity index (χ4n) is 3.36. The highest BCUT2D eigenvalue weighted by atomic mass is 16.1. The summed E-state index contributed by atoms with van der Waals surface area (Å²) in [4.78, 5) is 18.7. The third-order valence-corrected chi connectivity index (χ3v) is 4.86. The molecule has 1 amide bonds. The van der Waals surface area contributed by atoms with E-state index in [0.29, 0.717) is 17.3 Å². The van der Waals surface area contributed by atoms with Crippen LogP contribution in [-0.2, 0) is 6.54 Å². The molecule has 2 heterocycles. The van der Waals surface area contributed by atoms with E-state index in [1.807, 2.05) is 0 Å². The molecular weight excluding hydrogens is 312 g/mol. The lowest BCUT2D eigenvalue weighted by molar-refractivity contribution is 0.0963. The smallest absolute Gasteiger partial charge is 0.254 e. The Labute approximate surface area is 149 Å². The molecule has 1 aliphatic rings. The Morgan fingerprint density at radius 3 is 2.92 bits per heavy atom. The van der Waals surface area contributed by atoms with Crippen LogP contribution in [0.1, 0.15) is 27.9 Å². The monoisotopic (exact) mass is 338 g/mol. The molecule has 5 nitrogen and oxygen atoms in total. The van der Waals surface area contributed by atoms with Crippen molar-refractivity contribution >= 4 is 11.7 Å². The molecule has 1 fully saturated rings. The van der Waals surface area contributed by atoms with E-state index in [2.05, 4.69) is 51.7 Å². The first kappa shape index (κ1) is 17.4. The minimum atomic E-state index is -0.108. The van der Waals surface area contributed by atoms with Gasteiger partial charge in [0.05, 0.1) is 5.56 Å². The molecule has 1 saturated heterocycles. The van der Waals surface area contributed by atoms with E-state index in [-0.39, 0.29) is 5.91 Å². The second kappa shape index (κ2) is 8.12. The molecule has 132 valence electrons. The van der Waals surface area contributed by atoms with Crippen LogP contribution >= 0.6 is 0 Å². The van der Waals surface area contributed by atoms with Crippen LogP contribution in [0.2, 0.25) is 0 Å². The molecule has 0 spiro atoms. The Morgan fingerprint density at radius 2 is 2.12 bits per heavy atom. The van der Waals surface area contributed by atoms with E-state index in [1.165, 1.54) is 17.5 Å². The van der Waals surface area contributed by atoms with Gasteiger partial charge in [0.1, 0.15) is 5.82 Å². The van der Waals surface area contributed by atoms with E-state index in [9.17, 15) is 4.79 Å². The molecule has 0 bridgehead atoms. The standard InChI is InChI=1S/C20H26N4O/c1-15-6-3-4-7-17(15)14-24-11-9-16(13-24)12-23-19-18(20(25)21-2)8-5-10-22-19/h3-8,10,16H,9,11-14H2,1-2H3,(H,21,25)(H,22,23). The van der Waals surface area contributed by atoms with E-state index < -0.39 is 0 Å². The molecule has 0 aliphatic carbocycles. The van der Waals surface area contributed by atoms with Gasteiger partial charge in [-0.15, -0.1) is 0 Å². The van der Waals surface area contributed by atoms with Crippen molar-refractivity contribution in [2.24, 2.45) is 5.92 Å². The fraction of sp³-hybridized carbons (Fsp3) is 0.400. The van der Waals surface area contributed by atoms with Crippen LogP contribution in [0.15, 0.2) is 42.6 Å². The third kappa shape index (κ3) is 4.37. The van der Waals surface area contributed by atoms with Crippen molar-refractivity contribution in [1.29, 1.82) is 0 Å². The Balaban J connectivity index is 1.54. The predicted octanol–water partition coefficient (Wildman–Crippen LogP) is 2.68. The van der Waals surface area contributed by atoms with Crippen molar-refractivity contribution in [1.82, 2.24) is 15.2 Å². The fourth-order valence-corrected chi connectivity index (χ4v) is 3.36. The van der Waals surface area contributed by atoms with Gasteiger partial charge in [-0.3, -0.25) is 9.69 Å². The van der Waals surface area contributed by atoms with Crippen molar-refractivity contribution in [3.8, 4) is 0 Å². The maximum Gasteiger partial charge on any atom is 0.254 e. The molecule has 1 aromatic carbocycles. The maximum atomic E-state index is 11.9. The number of carbonyl (C=O) groups is 1. The molecule has 0 saturated carbocycles. The number of pyridine rings is 1. The SMILES string of the molecule is CNC(=O)c1cccnc1NCC1CCN(Cc2ccccc2C)C1. The number of likely N-dealkylation sites (tertiary alicyclic amines) is 1. The molecule has 5 heteroatoms. The van der Waals surface area contributed by atoms with Crippen LogP contribution in [0, 0.1) is 12.8 Å². The van der Waals surface area contributed by atoms with Gasteiger partial charge in [0.2, 0.25) is 0 Å². The topological polar surface area (TPSA) is 57.3 Å². The lowest BCUT2D eigenvalue weighted by Gasteiger charge is -2.18. The Bertz CT molecular complexity index is 731.